The lowest BCUT2D eigenvalue weighted by atomic mass is 10.1. The van der Waals surface area contributed by atoms with E-state index in [2.05, 4.69) is 18.3 Å². The van der Waals surface area contributed by atoms with Crippen molar-refractivity contribution in [3.05, 3.63) is 65.2 Å². The zero-order valence-corrected chi connectivity index (χ0v) is 10.8. The van der Waals surface area contributed by atoms with E-state index in [4.69, 9.17) is 5.26 Å². The highest BCUT2D eigenvalue weighted by Gasteiger charge is 2.04. The summed E-state index contributed by atoms with van der Waals surface area (Å²) in [7, 11) is 0. The van der Waals surface area contributed by atoms with Crippen LogP contribution in [0.3, 0.4) is 0 Å². The largest absolute Gasteiger partial charge is 0.508 e. The minimum absolute atomic E-state index is 0.205. The summed E-state index contributed by atoms with van der Waals surface area (Å²) in [4.78, 5) is 0. The molecule has 19 heavy (non-hydrogen) atoms. The lowest BCUT2D eigenvalue weighted by Gasteiger charge is -2.14. The number of nitrogens with one attached hydrogen (secondary N) is 1. The topological polar surface area (TPSA) is 56.0 Å². The molecule has 0 fully saturated rings. The van der Waals surface area contributed by atoms with Gasteiger partial charge in [0.05, 0.1) is 11.6 Å². The third-order valence-electron chi connectivity index (χ3n) is 3.09. The number of aromatic hydroxyl groups is 1. The number of nitrogens with zero attached hydrogens (tertiary/aromatic N) is 1. The summed E-state index contributed by atoms with van der Waals surface area (Å²) in [5.74, 6) is 0.281. The highest BCUT2D eigenvalue weighted by Crippen LogP contribution is 2.16. The molecule has 0 aromatic heterocycles. The van der Waals surface area contributed by atoms with Gasteiger partial charge in [-0.2, -0.15) is 5.26 Å². The van der Waals surface area contributed by atoms with Crippen LogP contribution in [-0.2, 0) is 6.54 Å². The predicted octanol–water partition coefficient (Wildman–Crippen LogP) is 3.11. The first-order valence-corrected chi connectivity index (χ1v) is 6.20. The molecule has 2 aromatic carbocycles. The number of nitriles is 1. The molecule has 0 aliphatic rings. The van der Waals surface area contributed by atoms with E-state index in [-0.39, 0.29) is 11.8 Å². The Hall–Kier alpha value is -2.31. The quantitative estimate of drug-likeness (QED) is 0.879. The molecule has 0 bridgehead atoms. The zero-order chi connectivity index (χ0) is 13.7. The van der Waals surface area contributed by atoms with Crippen molar-refractivity contribution < 1.29 is 5.11 Å². The van der Waals surface area contributed by atoms with E-state index >= 15 is 0 Å². The van der Waals surface area contributed by atoms with Crippen molar-refractivity contribution in [1.29, 1.82) is 5.26 Å². The lowest BCUT2D eigenvalue weighted by molar-refractivity contribution is 0.474. The Kier molecular flexibility index (Phi) is 4.17. The molecule has 0 radical (unpaired) electrons. The number of hydrogen-bond acceptors (Lipinski definition) is 3. The highest BCUT2D eigenvalue weighted by atomic mass is 16.3. The Morgan fingerprint density at radius 2 is 1.74 bits per heavy atom. The minimum atomic E-state index is 0.205. The van der Waals surface area contributed by atoms with Gasteiger partial charge in [-0.1, -0.05) is 24.3 Å². The van der Waals surface area contributed by atoms with Gasteiger partial charge >= 0.3 is 0 Å². The molecule has 2 rings (SSSR count). The molecular formula is C16H16N2O. The maximum atomic E-state index is 9.25. The van der Waals surface area contributed by atoms with Crippen molar-refractivity contribution >= 4 is 0 Å². The molecule has 0 heterocycles. The lowest BCUT2D eigenvalue weighted by Crippen LogP contribution is -2.17. The molecule has 1 unspecified atom stereocenters. The van der Waals surface area contributed by atoms with Gasteiger partial charge in [0.1, 0.15) is 5.75 Å². The van der Waals surface area contributed by atoms with E-state index in [1.54, 1.807) is 12.1 Å². The summed E-state index contributed by atoms with van der Waals surface area (Å²) < 4.78 is 0. The minimum Gasteiger partial charge on any atom is -0.508 e. The normalized spacial score (nSPS) is 11.8. The number of phenolic OH excluding ortho intramolecular Hbond substituents is 1. The van der Waals surface area contributed by atoms with Crippen LogP contribution in [-0.4, -0.2) is 5.11 Å². The Labute approximate surface area is 113 Å². The third-order valence-corrected chi connectivity index (χ3v) is 3.09. The summed E-state index contributed by atoms with van der Waals surface area (Å²) in [6.45, 7) is 2.82. The average molecular weight is 252 g/mol. The van der Waals surface area contributed by atoms with Gasteiger partial charge in [0.2, 0.25) is 0 Å². The fraction of sp³-hybridized carbons (Fsp3) is 0.188. The van der Waals surface area contributed by atoms with Crippen molar-refractivity contribution in [2.45, 2.75) is 19.5 Å². The van der Waals surface area contributed by atoms with Crippen molar-refractivity contribution in [3.8, 4) is 11.8 Å². The van der Waals surface area contributed by atoms with Gasteiger partial charge in [0, 0.05) is 12.6 Å². The molecule has 0 amide bonds. The zero-order valence-electron chi connectivity index (χ0n) is 10.8. The maximum absolute atomic E-state index is 9.25. The fourth-order valence-electron chi connectivity index (χ4n) is 1.85. The number of rotatable bonds is 4. The molecule has 0 aliphatic carbocycles. The Morgan fingerprint density at radius 1 is 1.11 bits per heavy atom. The van der Waals surface area contributed by atoms with E-state index < -0.39 is 0 Å². The summed E-state index contributed by atoms with van der Waals surface area (Å²) in [5.41, 5.74) is 2.95. The Balaban J connectivity index is 1.94. The standard InChI is InChI=1S/C16H16N2O/c1-12(15-6-8-16(19)9-7-15)18-11-14-4-2-13(10-17)3-5-14/h2-9,12,18-19H,11H2,1H3. The van der Waals surface area contributed by atoms with Crippen LogP contribution in [0, 0.1) is 11.3 Å². The van der Waals surface area contributed by atoms with Crippen LogP contribution in [0.15, 0.2) is 48.5 Å². The molecule has 0 saturated heterocycles. The molecule has 1 atom stereocenters. The van der Waals surface area contributed by atoms with E-state index in [0.29, 0.717) is 5.56 Å². The number of phenols is 1. The van der Waals surface area contributed by atoms with Gasteiger partial charge in [-0.05, 0) is 42.3 Å². The van der Waals surface area contributed by atoms with Crippen LogP contribution < -0.4 is 5.32 Å². The molecule has 2 aromatic rings. The van der Waals surface area contributed by atoms with Gasteiger partial charge in [-0.3, -0.25) is 0 Å². The second kappa shape index (κ2) is 6.03. The van der Waals surface area contributed by atoms with Crippen LogP contribution in [0.2, 0.25) is 0 Å². The maximum Gasteiger partial charge on any atom is 0.115 e. The molecule has 0 saturated carbocycles. The second-order valence-electron chi connectivity index (χ2n) is 4.50. The molecule has 96 valence electrons. The highest BCUT2D eigenvalue weighted by molar-refractivity contribution is 5.32. The van der Waals surface area contributed by atoms with Crippen LogP contribution in [0.5, 0.6) is 5.75 Å². The fourth-order valence-corrected chi connectivity index (χ4v) is 1.85. The van der Waals surface area contributed by atoms with Crippen molar-refractivity contribution in [1.82, 2.24) is 5.32 Å². The Bertz CT molecular complexity index is 567. The van der Waals surface area contributed by atoms with Gasteiger partial charge in [-0.25, -0.2) is 0 Å². The first-order chi connectivity index (χ1) is 9.19. The average Bonchev–Trinajstić information content (AvgIpc) is 2.46. The number of benzene rings is 2. The van der Waals surface area contributed by atoms with Gasteiger partial charge in [0.25, 0.3) is 0 Å². The summed E-state index contributed by atoms with van der Waals surface area (Å²) >= 11 is 0. The smallest absolute Gasteiger partial charge is 0.115 e. The predicted molar refractivity (Wildman–Crippen MR) is 74.5 cm³/mol. The van der Waals surface area contributed by atoms with Crippen molar-refractivity contribution in [3.63, 3.8) is 0 Å². The SMILES string of the molecule is CC(NCc1ccc(C#N)cc1)c1ccc(O)cc1. The monoisotopic (exact) mass is 252 g/mol. The molecule has 3 nitrogen and oxygen atoms in total. The van der Waals surface area contributed by atoms with Gasteiger partial charge < -0.3 is 10.4 Å². The van der Waals surface area contributed by atoms with E-state index in [1.807, 2.05) is 36.4 Å². The van der Waals surface area contributed by atoms with E-state index in [1.165, 1.54) is 0 Å². The number of hydrogen-bond donors (Lipinski definition) is 2. The van der Waals surface area contributed by atoms with Crippen LogP contribution in [0.1, 0.15) is 29.7 Å². The van der Waals surface area contributed by atoms with E-state index in [0.717, 1.165) is 17.7 Å². The Morgan fingerprint density at radius 3 is 2.32 bits per heavy atom. The summed E-state index contributed by atoms with van der Waals surface area (Å²) in [6.07, 6.45) is 0. The van der Waals surface area contributed by atoms with E-state index in [9.17, 15) is 5.11 Å². The molecular weight excluding hydrogens is 236 g/mol. The summed E-state index contributed by atoms with van der Waals surface area (Å²) in [6, 6.07) is 17.1. The van der Waals surface area contributed by atoms with Crippen molar-refractivity contribution in [2.75, 3.05) is 0 Å². The molecule has 0 aliphatic heterocycles. The first kappa shape index (κ1) is 13.1. The summed E-state index contributed by atoms with van der Waals surface area (Å²) in [5, 5.41) is 21.4. The van der Waals surface area contributed by atoms with Gasteiger partial charge in [-0.15, -0.1) is 0 Å². The van der Waals surface area contributed by atoms with Crippen molar-refractivity contribution in [2.24, 2.45) is 0 Å². The van der Waals surface area contributed by atoms with Crippen LogP contribution in [0.25, 0.3) is 0 Å². The van der Waals surface area contributed by atoms with Gasteiger partial charge in [0.15, 0.2) is 0 Å². The molecule has 0 spiro atoms. The third kappa shape index (κ3) is 3.57. The van der Waals surface area contributed by atoms with Crippen LogP contribution in [0.4, 0.5) is 0 Å². The second-order valence-corrected chi connectivity index (χ2v) is 4.50. The first-order valence-electron chi connectivity index (χ1n) is 6.20. The molecule has 2 N–H and O–H groups in total. The van der Waals surface area contributed by atoms with Crippen LogP contribution >= 0.6 is 0 Å². The molecule has 3 heteroatoms.